The van der Waals surface area contributed by atoms with Crippen molar-refractivity contribution < 1.29 is 9.21 Å². The van der Waals surface area contributed by atoms with Crippen molar-refractivity contribution in [3.8, 4) is 11.5 Å². The largest absolute Gasteiger partial charge is 0.441 e. The number of thioether (sulfide) groups is 1. The lowest BCUT2D eigenvalue weighted by atomic mass is 10.1. The maximum atomic E-state index is 12.8. The molecule has 1 amide bonds. The normalized spacial score (nSPS) is 14.7. The van der Waals surface area contributed by atoms with E-state index in [1.165, 1.54) is 17.1 Å². The van der Waals surface area contributed by atoms with Crippen LogP contribution in [0.5, 0.6) is 0 Å². The van der Waals surface area contributed by atoms with Crippen molar-refractivity contribution in [1.82, 2.24) is 9.88 Å². The zero-order valence-corrected chi connectivity index (χ0v) is 17.6. The van der Waals surface area contributed by atoms with E-state index >= 15 is 0 Å². The molecule has 29 heavy (non-hydrogen) atoms. The maximum Gasteiger partial charge on any atom is 0.277 e. The van der Waals surface area contributed by atoms with Crippen molar-refractivity contribution in [2.45, 2.75) is 20.4 Å². The van der Waals surface area contributed by atoms with Crippen LogP contribution in [0.25, 0.3) is 11.5 Å². The second-order valence-electron chi connectivity index (χ2n) is 7.28. The minimum Gasteiger partial charge on any atom is -0.441 e. The summed E-state index contributed by atoms with van der Waals surface area (Å²) in [5.74, 6) is 3.13. The fourth-order valence-corrected chi connectivity index (χ4v) is 4.45. The second-order valence-corrected chi connectivity index (χ2v) is 8.51. The van der Waals surface area contributed by atoms with Gasteiger partial charge in [-0.05, 0) is 43.2 Å². The van der Waals surface area contributed by atoms with Crippen molar-refractivity contribution in [1.29, 1.82) is 0 Å². The van der Waals surface area contributed by atoms with Gasteiger partial charge in [0.2, 0.25) is 5.89 Å². The van der Waals surface area contributed by atoms with E-state index in [9.17, 15) is 4.79 Å². The van der Waals surface area contributed by atoms with Crippen molar-refractivity contribution in [2.75, 3.05) is 29.9 Å². The molecule has 0 saturated carbocycles. The summed E-state index contributed by atoms with van der Waals surface area (Å²) in [5.41, 5.74) is 4.30. The van der Waals surface area contributed by atoms with Crippen molar-refractivity contribution in [3.05, 3.63) is 71.1 Å². The fourth-order valence-electron chi connectivity index (χ4n) is 3.47. The number of carbonyl (C=O) groups excluding carboxylic acids is 1. The van der Waals surface area contributed by atoms with E-state index in [-0.39, 0.29) is 5.91 Å². The third-order valence-electron chi connectivity index (χ3n) is 5.08. The highest BCUT2D eigenvalue weighted by molar-refractivity contribution is 7.99. The third kappa shape index (κ3) is 4.71. The van der Waals surface area contributed by atoms with Crippen LogP contribution in [-0.4, -0.2) is 40.4 Å². The summed E-state index contributed by atoms with van der Waals surface area (Å²) in [7, 11) is 0. The quantitative estimate of drug-likeness (QED) is 0.661. The Morgan fingerprint density at radius 2 is 1.90 bits per heavy atom. The molecular weight excluding hydrogens is 382 g/mol. The number of hydrogen-bond acceptors (Lipinski definition) is 5. The Morgan fingerprint density at radius 1 is 1.14 bits per heavy atom. The van der Waals surface area contributed by atoms with Gasteiger partial charge in [-0.15, -0.1) is 0 Å². The number of amides is 1. The first-order chi connectivity index (χ1) is 14.1. The van der Waals surface area contributed by atoms with Crippen LogP contribution in [0.4, 0.5) is 5.69 Å². The van der Waals surface area contributed by atoms with E-state index in [0.717, 1.165) is 36.4 Å². The Morgan fingerprint density at radius 3 is 2.62 bits per heavy atom. The van der Waals surface area contributed by atoms with Gasteiger partial charge in [-0.2, -0.15) is 11.8 Å². The monoisotopic (exact) mass is 407 g/mol. The summed E-state index contributed by atoms with van der Waals surface area (Å²) >= 11 is 2.02. The number of anilines is 1. The fraction of sp³-hybridized carbons (Fsp3) is 0.304. The van der Waals surface area contributed by atoms with E-state index in [4.69, 9.17) is 4.42 Å². The first kappa shape index (κ1) is 19.7. The summed E-state index contributed by atoms with van der Waals surface area (Å²) in [6, 6.07) is 15.8. The molecule has 0 unspecified atom stereocenters. The summed E-state index contributed by atoms with van der Waals surface area (Å²) in [5, 5.41) is 2.98. The molecule has 0 aliphatic carbocycles. The second kappa shape index (κ2) is 8.84. The lowest BCUT2D eigenvalue weighted by molar-refractivity contribution is 0.102. The van der Waals surface area contributed by atoms with Gasteiger partial charge in [-0.1, -0.05) is 30.3 Å². The topological polar surface area (TPSA) is 58.4 Å². The van der Waals surface area contributed by atoms with Gasteiger partial charge in [-0.3, -0.25) is 9.69 Å². The summed E-state index contributed by atoms with van der Waals surface area (Å²) in [4.78, 5) is 19.7. The molecule has 0 radical (unpaired) electrons. The molecule has 1 aliphatic heterocycles. The van der Waals surface area contributed by atoms with Crippen LogP contribution >= 0.6 is 11.8 Å². The van der Waals surface area contributed by atoms with E-state index in [0.29, 0.717) is 17.3 Å². The molecule has 1 saturated heterocycles. The number of hydrogen-bond donors (Lipinski definition) is 1. The van der Waals surface area contributed by atoms with E-state index in [1.807, 2.05) is 55.1 Å². The lowest BCUT2D eigenvalue weighted by Gasteiger charge is -2.26. The summed E-state index contributed by atoms with van der Waals surface area (Å²) in [6.45, 7) is 7.02. The van der Waals surface area contributed by atoms with Crippen LogP contribution in [0.3, 0.4) is 0 Å². The van der Waals surface area contributed by atoms with Crippen LogP contribution in [-0.2, 0) is 6.54 Å². The molecule has 4 rings (SSSR count). The lowest BCUT2D eigenvalue weighted by Crippen LogP contribution is -2.31. The summed E-state index contributed by atoms with van der Waals surface area (Å²) in [6.07, 6.45) is 0. The minimum absolute atomic E-state index is 0.252. The maximum absolute atomic E-state index is 12.8. The molecule has 1 aromatic heterocycles. The average Bonchev–Trinajstić information content (AvgIpc) is 3.13. The minimum atomic E-state index is -0.252. The zero-order chi connectivity index (χ0) is 20.2. The molecule has 5 nitrogen and oxygen atoms in total. The number of carbonyl (C=O) groups is 1. The van der Waals surface area contributed by atoms with Crippen LogP contribution in [0.1, 0.15) is 27.4 Å². The number of aromatic nitrogens is 1. The van der Waals surface area contributed by atoms with E-state index < -0.39 is 0 Å². The zero-order valence-electron chi connectivity index (χ0n) is 16.8. The molecule has 0 atom stereocenters. The molecule has 1 fully saturated rings. The van der Waals surface area contributed by atoms with Crippen molar-refractivity contribution in [2.24, 2.45) is 0 Å². The number of nitrogens with zero attached hydrogens (tertiary/aromatic N) is 2. The molecule has 1 aliphatic rings. The van der Waals surface area contributed by atoms with Gasteiger partial charge in [-0.25, -0.2) is 4.98 Å². The Kier molecular flexibility index (Phi) is 6.02. The van der Waals surface area contributed by atoms with E-state index in [2.05, 4.69) is 27.3 Å². The average molecular weight is 408 g/mol. The smallest absolute Gasteiger partial charge is 0.277 e. The van der Waals surface area contributed by atoms with Gasteiger partial charge in [0.1, 0.15) is 5.76 Å². The highest BCUT2D eigenvalue weighted by Gasteiger charge is 2.19. The molecule has 2 heterocycles. The van der Waals surface area contributed by atoms with E-state index in [1.54, 1.807) is 6.92 Å². The number of benzene rings is 2. The van der Waals surface area contributed by atoms with Crippen LogP contribution in [0, 0.1) is 13.8 Å². The molecule has 150 valence electrons. The molecule has 0 spiro atoms. The third-order valence-corrected chi connectivity index (χ3v) is 6.02. The van der Waals surface area contributed by atoms with Gasteiger partial charge in [0.05, 0.1) is 0 Å². The SMILES string of the molecule is Cc1cc(CN2CCSCC2)ccc1NC(=O)c1nc(-c2ccccc2)oc1C. The molecular formula is C23H25N3O2S. The molecule has 1 N–H and O–H groups in total. The molecule has 0 bridgehead atoms. The van der Waals surface area contributed by atoms with Gasteiger partial charge < -0.3 is 9.73 Å². The highest BCUT2D eigenvalue weighted by Crippen LogP contribution is 2.24. The van der Waals surface area contributed by atoms with Gasteiger partial charge in [0.15, 0.2) is 5.69 Å². The summed E-state index contributed by atoms with van der Waals surface area (Å²) < 4.78 is 5.71. The Labute approximate surface area is 175 Å². The van der Waals surface area contributed by atoms with Crippen LogP contribution < -0.4 is 5.32 Å². The first-order valence-corrected chi connectivity index (χ1v) is 11.0. The Balaban J connectivity index is 1.46. The first-order valence-electron chi connectivity index (χ1n) is 9.84. The standard InChI is InChI=1S/C23H25N3O2S/c1-16-14-18(15-26-10-12-29-13-11-26)8-9-20(16)24-22(27)21-17(2)28-23(25-21)19-6-4-3-5-7-19/h3-9,14H,10-13,15H2,1-2H3,(H,24,27). The number of aryl methyl sites for hydroxylation is 2. The molecule has 6 heteroatoms. The number of oxazole rings is 1. The number of nitrogens with one attached hydrogen (secondary N) is 1. The highest BCUT2D eigenvalue weighted by atomic mass is 32.2. The predicted octanol–water partition coefficient (Wildman–Crippen LogP) is 4.76. The van der Waals surface area contributed by atoms with Crippen LogP contribution in [0.15, 0.2) is 52.9 Å². The number of rotatable bonds is 5. The predicted molar refractivity (Wildman–Crippen MR) is 118 cm³/mol. The van der Waals surface area contributed by atoms with Crippen LogP contribution in [0.2, 0.25) is 0 Å². The van der Waals surface area contributed by atoms with Gasteiger partial charge in [0.25, 0.3) is 5.91 Å². The molecule has 2 aromatic carbocycles. The Bertz CT molecular complexity index is 995. The Hall–Kier alpha value is -2.57. The van der Waals surface area contributed by atoms with Crippen molar-refractivity contribution in [3.63, 3.8) is 0 Å². The van der Waals surface area contributed by atoms with Crippen molar-refractivity contribution >= 4 is 23.4 Å². The van der Waals surface area contributed by atoms with Gasteiger partial charge >= 0.3 is 0 Å². The van der Waals surface area contributed by atoms with Gasteiger partial charge in [0, 0.05) is 42.4 Å². The molecule has 3 aromatic rings.